The van der Waals surface area contributed by atoms with Crippen molar-refractivity contribution in [1.82, 2.24) is 5.43 Å². The van der Waals surface area contributed by atoms with E-state index in [1.165, 1.54) is 6.92 Å². The summed E-state index contributed by atoms with van der Waals surface area (Å²) in [4.78, 5) is 23.3. The molecule has 124 valence electrons. The van der Waals surface area contributed by atoms with Crippen LogP contribution >= 0.6 is 0 Å². The first-order valence-corrected chi connectivity index (χ1v) is 7.82. The number of amides is 2. The molecule has 0 radical (unpaired) electrons. The molecule has 0 heterocycles. The monoisotopic (exact) mass is 331 g/mol. The fourth-order valence-corrected chi connectivity index (χ4v) is 2.50. The second-order valence-corrected chi connectivity index (χ2v) is 5.53. The fraction of sp³-hybridized carbons (Fsp3) is 0.0500. The molecule has 0 bridgehead atoms. The van der Waals surface area contributed by atoms with Crippen LogP contribution in [0.4, 0.5) is 5.69 Å². The second-order valence-electron chi connectivity index (χ2n) is 5.53. The lowest BCUT2D eigenvalue weighted by atomic mass is 10.0. The summed E-state index contributed by atoms with van der Waals surface area (Å²) in [5, 5.41) is 8.59. The number of benzene rings is 3. The number of carbonyl (C=O) groups is 2. The number of fused-ring (bicyclic) bond motifs is 1. The van der Waals surface area contributed by atoms with Crippen LogP contribution in [0.3, 0.4) is 0 Å². The van der Waals surface area contributed by atoms with Gasteiger partial charge in [-0.25, -0.2) is 5.43 Å². The number of nitrogens with zero attached hydrogens (tertiary/aromatic N) is 1. The molecular formula is C20H17N3O2. The van der Waals surface area contributed by atoms with Crippen molar-refractivity contribution in [2.75, 3.05) is 5.32 Å². The lowest BCUT2D eigenvalue weighted by molar-refractivity contribution is -0.114. The van der Waals surface area contributed by atoms with Crippen LogP contribution in [0.25, 0.3) is 10.8 Å². The van der Waals surface area contributed by atoms with Crippen molar-refractivity contribution < 1.29 is 9.59 Å². The third-order valence-corrected chi connectivity index (χ3v) is 3.65. The molecule has 0 unspecified atom stereocenters. The SMILES string of the molecule is CC(=O)Nc1ccc(/C=N/NC(=O)c2cccc3ccccc23)cc1. The Balaban J connectivity index is 1.69. The topological polar surface area (TPSA) is 70.6 Å². The Hall–Kier alpha value is -3.47. The molecule has 2 amide bonds. The maximum atomic E-state index is 12.4. The molecule has 0 aliphatic rings. The minimum Gasteiger partial charge on any atom is -0.326 e. The van der Waals surface area contributed by atoms with Gasteiger partial charge in [0.25, 0.3) is 5.91 Å². The van der Waals surface area contributed by atoms with Gasteiger partial charge in [-0.3, -0.25) is 9.59 Å². The van der Waals surface area contributed by atoms with E-state index in [-0.39, 0.29) is 11.8 Å². The number of hydrogen-bond donors (Lipinski definition) is 2. The molecule has 0 atom stereocenters. The molecule has 2 N–H and O–H groups in total. The lowest BCUT2D eigenvalue weighted by Gasteiger charge is -2.05. The zero-order valence-electron chi connectivity index (χ0n) is 13.7. The van der Waals surface area contributed by atoms with Crippen LogP contribution in [-0.2, 0) is 4.79 Å². The van der Waals surface area contributed by atoms with Gasteiger partial charge >= 0.3 is 0 Å². The first kappa shape index (κ1) is 16.4. The van der Waals surface area contributed by atoms with Crippen molar-refractivity contribution in [3.8, 4) is 0 Å². The molecule has 0 aliphatic heterocycles. The molecule has 3 rings (SSSR count). The quantitative estimate of drug-likeness (QED) is 0.567. The van der Waals surface area contributed by atoms with E-state index in [4.69, 9.17) is 0 Å². The zero-order chi connectivity index (χ0) is 17.6. The van der Waals surface area contributed by atoms with Crippen LogP contribution in [0.1, 0.15) is 22.8 Å². The zero-order valence-corrected chi connectivity index (χ0v) is 13.7. The van der Waals surface area contributed by atoms with Crippen LogP contribution < -0.4 is 10.7 Å². The Kier molecular flexibility index (Phi) is 4.85. The first-order valence-electron chi connectivity index (χ1n) is 7.82. The predicted molar refractivity (Wildman–Crippen MR) is 99.8 cm³/mol. The summed E-state index contributed by atoms with van der Waals surface area (Å²) in [6.07, 6.45) is 1.56. The molecule has 0 saturated heterocycles. The lowest BCUT2D eigenvalue weighted by Crippen LogP contribution is -2.17. The summed E-state index contributed by atoms with van der Waals surface area (Å²) in [5.41, 5.74) is 4.65. The highest BCUT2D eigenvalue weighted by molar-refractivity contribution is 6.07. The Bertz CT molecular complexity index is 941. The van der Waals surface area contributed by atoms with Gasteiger partial charge < -0.3 is 5.32 Å². The van der Waals surface area contributed by atoms with Gasteiger partial charge in [-0.1, -0.05) is 48.5 Å². The standard InChI is InChI=1S/C20H17N3O2/c1-14(24)22-17-11-9-15(10-12-17)13-21-23-20(25)19-8-4-6-16-5-2-3-7-18(16)19/h2-13H,1H3,(H,22,24)(H,23,25)/b21-13+. The number of carbonyl (C=O) groups excluding carboxylic acids is 2. The Morgan fingerprint density at radius 3 is 2.40 bits per heavy atom. The molecule has 3 aromatic carbocycles. The van der Waals surface area contributed by atoms with Gasteiger partial charge in [-0.05, 0) is 34.5 Å². The number of anilines is 1. The second kappa shape index (κ2) is 7.40. The van der Waals surface area contributed by atoms with Crippen LogP contribution in [-0.4, -0.2) is 18.0 Å². The van der Waals surface area contributed by atoms with Crippen molar-refractivity contribution in [2.45, 2.75) is 6.92 Å². The third kappa shape index (κ3) is 4.09. The van der Waals surface area contributed by atoms with E-state index < -0.39 is 0 Å². The third-order valence-electron chi connectivity index (χ3n) is 3.65. The van der Waals surface area contributed by atoms with Crippen LogP contribution in [0.2, 0.25) is 0 Å². The van der Waals surface area contributed by atoms with Gasteiger partial charge in [0.1, 0.15) is 0 Å². The normalized spacial score (nSPS) is 10.8. The van der Waals surface area contributed by atoms with Gasteiger partial charge in [0, 0.05) is 18.2 Å². The minimum absolute atomic E-state index is 0.122. The van der Waals surface area contributed by atoms with Crippen molar-refractivity contribution >= 4 is 34.5 Å². The Morgan fingerprint density at radius 1 is 0.920 bits per heavy atom. The average Bonchev–Trinajstić information content (AvgIpc) is 2.62. The van der Waals surface area contributed by atoms with Gasteiger partial charge in [-0.15, -0.1) is 0 Å². The highest BCUT2D eigenvalue weighted by atomic mass is 16.2. The van der Waals surface area contributed by atoms with Gasteiger partial charge in [0.05, 0.1) is 6.21 Å². The first-order chi connectivity index (χ1) is 12.1. The van der Waals surface area contributed by atoms with Crippen LogP contribution in [0, 0.1) is 0 Å². The van der Waals surface area contributed by atoms with Gasteiger partial charge in [-0.2, -0.15) is 5.10 Å². The predicted octanol–water partition coefficient (Wildman–Crippen LogP) is 3.56. The number of hydrogen-bond acceptors (Lipinski definition) is 3. The number of nitrogens with one attached hydrogen (secondary N) is 2. The minimum atomic E-state index is -0.261. The average molecular weight is 331 g/mol. The summed E-state index contributed by atoms with van der Waals surface area (Å²) < 4.78 is 0. The number of rotatable bonds is 4. The van der Waals surface area contributed by atoms with Gasteiger partial charge in [0.2, 0.25) is 5.91 Å². The van der Waals surface area contributed by atoms with E-state index >= 15 is 0 Å². The van der Waals surface area contributed by atoms with E-state index in [9.17, 15) is 9.59 Å². The molecule has 0 saturated carbocycles. The number of hydrazone groups is 1. The molecule has 0 fully saturated rings. The molecule has 25 heavy (non-hydrogen) atoms. The molecule has 5 heteroatoms. The fourth-order valence-electron chi connectivity index (χ4n) is 2.50. The maximum Gasteiger partial charge on any atom is 0.271 e. The van der Waals surface area contributed by atoms with E-state index in [1.807, 2.05) is 36.4 Å². The summed E-state index contributed by atoms with van der Waals surface area (Å²) in [6.45, 7) is 1.46. The largest absolute Gasteiger partial charge is 0.326 e. The Morgan fingerprint density at radius 2 is 1.64 bits per heavy atom. The Labute approximate surface area is 145 Å². The molecule has 0 spiro atoms. The van der Waals surface area contributed by atoms with E-state index in [1.54, 1.807) is 36.5 Å². The molecular weight excluding hydrogens is 314 g/mol. The van der Waals surface area contributed by atoms with Crippen molar-refractivity contribution in [3.63, 3.8) is 0 Å². The van der Waals surface area contributed by atoms with E-state index in [2.05, 4.69) is 15.8 Å². The molecule has 0 aliphatic carbocycles. The highest BCUT2D eigenvalue weighted by Crippen LogP contribution is 2.18. The maximum absolute atomic E-state index is 12.4. The summed E-state index contributed by atoms with van der Waals surface area (Å²) in [6, 6.07) is 20.5. The van der Waals surface area contributed by atoms with Crippen LogP contribution in [0.15, 0.2) is 71.8 Å². The smallest absolute Gasteiger partial charge is 0.271 e. The summed E-state index contributed by atoms with van der Waals surface area (Å²) >= 11 is 0. The van der Waals surface area contributed by atoms with Gasteiger partial charge in [0.15, 0.2) is 0 Å². The van der Waals surface area contributed by atoms with Crippen molar-refractivity contribution in [2.24, 2.45) is 5.10 Å². The molecule has 5 nitrogen and oxygen atoms in total. The van der Waals surface area contributed by atoms with Crippen LogP contribution in [0.5, 0.6) is 0 Å². The molecule has 3 aromatic rings. The summed E-state index contributed by atoms with van der Waals surface area (Å²) in [5.74, 6) is -0.383. The van der Waals surface area contributed by atoms with E-state index in [0.29, 0.717) is 11.3 Å². The molecule has 0 aromatic heterocycles. The van der Waals surface area contributed by atoms with Crippen molar-refractivity contribution in [1.29, 1.82) is 0 Å². The van der Waals surface area contributed by atoms with E-state index in [0.717, 1.165) is 16.3 Å². The highest BCUT2D eigenvalue weighted by Gasteiger charge is 2.08. The van der Waals surface area contributed by atoms with Crippen molar-refractivity contribution in [3.05, 3.63) is 77.9 Å². The summed E-state index contributed by atoms with van der Waals surface area (Å²) in [7, 11) is 0.